The predicted molar refractivity (Wildman–Crippen MR) is 61.8 cm³/mol. The molecular formula is C12H16F3NO2. The van der Waals surface area contributed by atoms with Gasteiger partial charge in [0.15, 0.2) is 0 Å². The predicted octanol–water partition coefficient (Wildman–Crippen LogP) is 3.05. The Morgan fingerprint density at radius 2 is 1.89 bits per heavy atom. The van der Waals surface area contributed by atoms with Crippen LogP contribution in [0.3, 0.4) is 0 Å². The van der Waals surface area contributed by atoms with Gasteiger partial charge in [0.2, 0.25) is 0 Å². The highest BCUT2D eigenvalue weighted by atomic mass is 19.4. The van der Waals surface area contributed by atoms with E-state index in [1.807, 2.05) is 0 Å². The molecule has 0 heterocycles. The minimum atomic E-state index is -4.20. The van der Waals surface area contributed by atoms with Crippen molar-refractivity contribution < 1.29 is 22.6 Å². The van der Waals surface area contributed by atoms with Crippen LogP contribution < -0.4 is 15.2 Å². The molecule has 0 spiro atoms. The first kappa shape index (κ1) is 14.6. The van der Waals surface area contributed by atoms with Crippen LogP contribution in [0.25, 0.3) is 0 Å². The van der Waals surface area contributed by atoms with E-state index in [9.17, 15) is 13.2 Å². The fourth-order valence-electron chi connectivity index (χ4n) is 1.60. The molecule has 2 N–H and O–H groups in total. The molecule has 0 bridgehead atoms. The fraction of sp³-hybridized carbons (Fsp3) is 0.500. The summed E-state index contributed by atoms with van der Waals surface area (Å²) in [5.74, 6) is 0.999. The molecule has 0 saturated heterocycles. The maximum atomic E-state index is 12.1. The Balaban J connectivity index is 2.85. The van der Waals surface area contributed by atoms with Crippen molar-refractivity contribution in [2.24, 2.45) is 5.73 Å². The maximum absolute atomic E-state index is 12.1. The minimum Gasteiger partial charge on any atom is -0.497 e. The Bertz CT molecular complexity index is 393. The largest absolute Gasteiger partial charge is 0.497 e. The van der Waals surface area contributed by atoms with E-state index < -0.39 is 18.6 Å². The van der Waals surface area contributed by atoms with E-state index in [-0.39, 0.29) is 6.42 Å². The van der Waals surface area contributed by atoms with Crippen molar-refractivity contribution >= 4 is 0 Å². The number of hydrogen-bond donors (Lipinski definition) is 1. The van der Waals surface area contributed by atoms with Crippen LogP contribution in [0.4, 0.5) is 13.2 Å². The molecule has 1 aromatic carbocycles. The monoisotopic (exact) mass is 263 g/mol. The molecular weight excluding hydrogens is 247 g/mol. The van der Waals surface area contributed by atoms with Gasteiger partial charge in [-0.05, 0) is 24.6 Å². The molecule has 0 saturated carbocycles. The molecule has 18 heavy (non-hydrogen) atoms. The van der Waals surface area contributed by atoms with Crippen molar-refractivity contribution in [2.75, 3.05) is 14.2 Å². The Labute approximate surface area is 104 Å². The van der Waals surface area contributed by atoms with Crippen molar-refractivity contribution in [3.8, 4) is 11.5 Å². The zero-order chi connectivity index (χ0) is 13.8. The number of methoxy groups -OCH3 is 2. The van der Waals surface area contributed by atoms with Gasteiger partial charge >= 0.3 is 6.18 Å². The summed E-state index contributed by atoms with van der Waals surface area (Å²) in [5, 5.41) is 0. The first-order valence-corrected chi connectivity index (χ1v) is 5.41. The number of nitrogens with two attached hydrogens (primary N) is 1. The first-order chi connectivity index (χ1) is 8.37. The molecule has 0 fully saturated rings. The molecule has 0 unspecified atom stereocenters. The third-order valence-corrected chi connectivity index (χ3v) is 2.58. The summed E-state index contributed by atoms with van der Waals surface area (Å²) in [4.78, 5) is 0. The summed E-state index contributed by atoms with van der Waals surface area (Å²) in [6.07, 6.45) is -5.31. The van der Waals surface area contributed by atoms with E-state index in [1.165, 1.54) is 14.2 Å². The topological polar surface area (TPSA) is 44.5 Å². The molecule has 102 valence electrons. The van der Waals surface area contributed by atoms with E-state index in [4.69, 9.17) is 15.2 Å². The average molecular weight is 263 g/mol. The first-order valence-electron chi connectivity index (χ1n) is 5.41. The smallest absolute Gasteiger partial charge is 0.389 e. The van der Waals surface area contributed by atoms with Crippen LogP contribution in [0.15, 0.2) is 18.2 Å². The van der Waals surface area contributed by atoms with Crippen LogP contribution in [-0.2, 0) is 0 Å². The molecule has 0 aromatic heterocycles. The summed E-state index contributed by atoms with van der Waals surface area (Å²) in [6.45, 7) is 0. The number of ether oxygens (including phenoxy) is 2. The van der Waals surface area contributed by atoms with E-state index in [2.05, 4.69) is 0 Å². The fourth-order valence-corrected chi connectivity index (χ4v) is 1.60. The summed E-state index contributed by atoms with van der Waals surface area (Å²) in [7, 11) is 2.93. The van der Waals surface area contributed by atoms with Crippen molar-refractivity contribution in [1.82, 2.24) is 0 Å². The third-order valence-electron chi connectivity index (χ3n) is 2.58. The van der Waals surface area contributed by atoms with Gasteiger partial charge in [0.25, 0.3) is 0 Å². The molecule has 0 aliphatic rings. The molecule has 0 radical (unpaired) electrons. The van der Waals surface area contributed by atoms with Crippen molar-refractivity contribution in [3.63, 3.8) is 0 Å². The number of halogens is 3. The summed E-state index contributed by atoms with van der Waals surface area (Å²) in [6, 6.07) is 4.15. The van der Waals surface area contributed by atoms with Crippen LogP contribution >= 0.6 is 0 Å². The molecule has 1 aromatic rings. The van der Waals surface area contributed by atoms with Crippen LogP contribution in [0.1, 0.15) is 24.4 Å². The van der Waals surface area contributed by atoms with Gasteiger partial charge in [-0.1, -0.05) is 0 Å². The second-order valence-electron chi connectivity index (χ2n) is 3.87. The van der Waals surface area contributed by atoms with E-state index >= 15 is 0 Å². The lowest BCUT2D eigenvalue weighted by Gasteiger charge is -2.17. The zero-order valence-corrected chi connectivity index (χ0v) is 10.3. The zero-order valence-electron chi connectivity index (χ0n) is 10.3. The van der Waals surface area contributed by atoms with Gasteiger partial charge in [-0.3, -0.25) is 0 Å². The molecule has 6 heteroatoms. The Morgan fingerprint density at radius 3 is 2.39 bits per heavy atom. The Hall–Kier alpha value is -1.43. The van der Waals surface area contributed by atoms with Crippen LogP contribution in [0.5, 0.6) is 11.5 Å². The summed E-state index contributed by atoms with van der Waals surface area (Å²) < 4.78 is 46.5. The van der Waals surface area contributed by atoms with E-state index in [1.54, 1.807) is 18.2 Å². The minimum absolute atomic E-state index is 0.187. The normalized spacial score (nSPS) is 13.2. The third kappa shape index (κ3) is 4.10. The van der Waals surface area contributed by atoms with Gasteiger partial charge in [-0.2, -0.15) is 13.2 Å². The Kier molecular flexibility index (Phi) is 4.84. The molecule has 3 nitrogen and oxygen atoms in total. The molecule has 0 aliphatic heterocycles. The number of hydrogen-bond acceptors (Lipinski definition) is 3. The van der Waals surface area contributed by atoms with Gasteiger partial charge in [0, 0.05) is 18.0 Å². The molecule has 0 amide bonds. The SMILES string of the molecule is COc1ccc(OC)c([C@@H](N)CCC(F)(F)F)c1. The molecule has 1 atom stereocenters. The quantitative estimate of drug-likeness (QED) is 0.888. The number of benzene rings is 1. The van der Waals surface area contributed by atoms with Crippen molar-refractivity contribution in [2.45, 2.75) is 25.1 Å². The Morgan fingerprint density at radius 1 is 1.22 bits per heavy atom. The number of alkyl halides is 3. The van der Waals surface area contributed by atoms with Gasteiger partial charge < -0.3 is 15.2 Å². The number of rotatable bonds is 5. The van der Waals surface area contributed by atoms with Gasteiger partial charge in [-0.15, -0.1) is 0 Å². The second-order valence-corrected chi connectivity index (χ2v) is 3.87. The second kappa shape index (κ2) is 5.95. The lowest BCUT2D eigenvalue weighted by atomic mass is 10.0. The lowest BCUT2D eigenvalue weighted by Crippen LogP contribution is -2.16. The van der Waals surface area contributed by atoms with E-state index in [0.29, 0.717) is 17.1 Å². The molecule has 0 aliphatic carbocycles. The van der Waals surface area contributed by atoms with Gasteiger partial charge in [-0.25, -0.2) is 0 Å². The molecule has 1 rings (SSSR count). The van der Waals surface area contributed by atoms with Crippen LogP contribution in [0, 0.1) is 0 Å². The van der Waals surface area contributed by atoms with Crippen LogP contribution in [0.2, 0.25) is 0 Å². The van der Waals surface area contributed by atoms with Crippen LogP contribution in [-0.4, -0.2) is 20.4 Å². The maximum Gasteiger partial charge on any atom is 0.389 e. The van der Waals surface area contributed by atoms with Gasteiger partial charge in [0.05, 0.1) is 14.2 Å². The van der Waals surface area contributed by atoms with Gasteiger partial charge in [0.1, 0.15) is 11.5 Å². The highest BCUT2D eigenvalue weighted by Gasteiger charge is 2.28. The van der Waals surface area contributed by atoms with Crippen molar-refractivity contribution in [3.05, 3.63) is 23.8 Å². The highest BCUT2D eigenvalue weighted by molar-refractivity contribution is 5.42. The van der Waals surface area contributed by atoms with Crippen molar-refractivity contribution in [1.29, 1.82) is 0 Å². The standard InChI is InChI=1S/C12H16F3NO2/c1-17-8-3-4-11(18-2)9(7-8)10(16)5-6-12(13,14)15/h3-4,7,10H,5-6,16H2,1-2H3/t10-/m0/s1. The summed E-state index contributed by atoms with van der Waals surface area (Å²) in [5.41, 5.74) is 6.28. The summed E-state index contributed by atoms with van der Waals surface area (Å²) >= 11 is 0. The highest BCUT2D eigenvalue weighted by Crippen LogP contribution is 2.32. The van der Waals surface area contributed by atoms with E-state index in [0.717, 1.165) is 0 Å². The lowest BCUT2D eigenvalue weighted by molar-refractivity contribution is -0.136. The average Bonchev–Trinajstić information content (AvgIpc) is 2.34.